The maximum absolute atomic E-state index is 12.8. The van der Waals surface area contributed by atoms with Crippen LogP contribution in [0.4, 0.5) is 10.5 Å². The molecule has 0 bridgehead atoms. The van der Waals surface area contributed by atoms with Crippen LogP contribution in [0, 0.1) is 0 Å². The lowest BCUT2D eigenvalue weighted by atomic mass is 10.1. The van der Waals surface area contributed by atoms with Crippen molar-refractivity contribution in [2.24, 2.45) is 0 Å². The molecule has 1 saturated heterocycles. The van der Waals surface area contributed by atoms with E-state index in [0.29, 0.717) is 36.6 Å². The first kappa shape index (κ1) is 20.9. The second kappa shape index (κ2) is 8.06. The molecule has 150 valence electrons. The topological polar surface area (TPSA) is 85.1 Å². The van der Waals surface area contributed by atoms with Crippen LogP contribution in [-0.4, -0.2) is 59.2 Å². The molecule has 7 heteroatoms. The van der Waals surface area contributed by atoms with Crippen LogP contribution in [0.1, 0.15) is 51.9 Å². The number of anilines is 1. The van der Waals surface area contributed by atoms with Gasteiger partial charge in [-0.3, -0.25) is 4.79 Å². The smallest absolute Gasteiger partial charge is 0.410 e. The average Bonchev–Trinajstić information content (AvgIpc) is 2.53. The summed E-state index contributed by atoms with van der Waals surface area (Å²) < 4.78 is 11.1. The second-order valence-corrected chi connectivity index (χ2v) is 8.19. The normalized spacial score (nSPS) is 17.8. The molecule has 0 aliphatic carbocycles. The van der Waals surface area contributed by atoms with E-state index in [1.807, 2.05) is 41.5 Å². The molecule has 27 heavy (non-hydrogen) atoms. The van der Waals surface area contributed by atoms with Gasteiger partial charge >= 0.3 is 6.09 Å². The summed E-state index contributed by atoms with van der Waals surface area (Å²) in [5.74, 6) is 0.471. The zero-order valence-electron chi connectivity index (χ0n) is 17.1. The Bertz CT molecular complexity index is 697. The Morgan fingerprint density at radius 2 is 1.89 bits per heavy atom. The molecule has 1 aliphatic heterocycles. The first-order valence-corrected chi connectivity index (χ1v) is 9.33. The number of rotatable bonds is 3. The van der Waals surface area contributed by atoms with Gasteiger partial charge in [-0.15, -0.1) is 0 Å². The summed E-state index contributed by atoms with van der Waals surface area (Å²) in [4.78, 5) is 28.6. The molecule has 1 fully saturated rings. The van der Waals surface area contributed by atoms with Gasteiger partial charge in [-0.25, -0.2) is 4.79 Å². The van der Waals surface area contributed by atoms with Crippen molar-refractivity contribution < 1.29 is 19.1 Å². The molecule has 1 heterocycles. The minimum absolute atomic E-state index is 0.00985. The molecule has 0 saturated carbocycles. The molecular formula is C20H31N3O4. The minimum Gasteiger partial charge on any atom is -0.489 e. The van der Waals surface area contributed by atoms with Crippen LogP contribution in [-0.2, 0) is 4.74 Å². The van der Waals surface area contributed by atoms with Gasteiger partial charge in [0, 0.05) is 31.2 Å². The molecule has 1 aromatic rings. The van der Waals surface area contributed by atoms with Crippen LogP contribution < -0.4 is 10.5 Å². The van der Waals surface area contributed by atoms with Gasteiger partial charge in [0.15, 0.2) is 0 Å². The largest absolute Gasteiger partial charge is 0.489 e. The number of ether oxygens (including phenoxy) is 2. The van der Waals surface area contributed by atoms with E-state index in [1.165, 1.54) is 0 Å². The van der Waals surface area contributed by atoms with Gasteiger partial charge in [0.1, 0.15) is 11.4 Å². The summed E-state index contributed by atoms with van der Waals surface area (Å²) in [6.07, 6.45) is -0.336. The Balaban J connectivity index is 2.03. The Kier molecular flexibility index (Phi) is 6.23. The van der Waals surface area contributed by atoms with Gasteiger partial charge in [0.05, 0.1) is 11.8 Å². The van der Waals surface area contributed by atoms with E-state index in [0.717, 1.165) is 0 Å². The number of benzene rings is 1. The SMILES string of the molecule is CC(C)Oc1ccc(C(=O)N2CCN(C(=O)OC(C)(C)C)C(C)C2)cc1N. The highest BCUT2D eigenvalue weighted by molar-refractivity contribution is 5.95. The average molecular weight is 377 g/mol. The fourth-order valence-corrected chi connectivity index (χ4v) is 2.96. The number of nitrogen functional groups attached to an aromatic ring is 1. The van der Waals surface area contributed by atoms with Crippen molar-refractivity contribution in [1.29, 1.82) is 0 Å². The molecule has 0 aromatic heterocycles. The molecule has 0 spiro atoms. The Morgan fingerprint density at radius 1 is 1.22 bits per heavy atom. The molecule has 2 N–H and O–H groups in total. The Hall–Kier alpha value is -2.44. The van der Waals surface area contributed by atoms with Crippen molar-refractivity contribution in [3.05, 3.63) is 23.8 Å². The van der Waals surface area contributed by atoms with Gasteiger partial charge in [-0.2, -0.15) is 0 Å². The molecule has 1 unspecified atom stereocenters. The standard InChI is InChI=1S/C20H31N3O4/c1-13(2)26-17-8-7-15(11-16(17)21)18(24)22-9-10-23(14(3)12-22)19(25)27-20(4,5)6/h7-8,11,13-14H,9-10,12,21H2,1-6H3. The molecule has 1 atom stereocenters. The quantitative estimate of drug-likeness (QED) is 0.818. The number of carbonyl (C=O) groups is 2. The van der Waals surface area contributed by atoms with E-state index in [9.17, 15) is 9.59 Å². The van der Waals surface area contributed by atoms with Crippen LogP contribution in [0.15, 0.2) is 18.2 Å². The van der Waals surface area contributed by atoms with Crippen molar-refractivity contribution in [2.45, 2.75) is 59.3 Å². The van der Waals surface area contributed by atoms with E-state index >= 15 is 0 Å². The predicted octanol–water partition coefficient (Wildman–Crippen LogP) is 3.14. The van der Waals surface area contributed by atoms with Gasteiger partial charge < -0.3 is 25.0 Å². The lowest BCUT2D eigenvalue weighted by Crippen LogP contribution is -2.56. The maximum Gasteiger partial charge on any atom is 0.410 e. The first-order chi connectivity index (χ1) is 12.5. The minimum atomic E-state index is -0.541. The van der Waals surface area contributed by atoms with Gasteiger partial charge in [-0.05, 0) is 59.7 Å². The first-order valence-electron chi connectivity index (χ1n) is 9.33. The fourth-order valence-electron chi connectivity index (χ4n) is 2.96. The highest BCUT2D eigenvalue weighted by Gasteiger charge is 2.32. The third-order valence-corrected chi connectivity index (χ3v) is 4.16. The van der Waals surface area contributed by atoms with Crippen LogP contribution in [0.2, 0.25) is 0 Å². The van der Waals surface area contributed by atoms with Crippen LogP contribution in [0.5, 0.6) is 5.75 Å². The number of nitrogens with zero attached hydrogens (tertiary/aromatic N) is 2. The molecule has 2 amide bonds. The molecule has 1 aliphatic rings. The highest BCUT2D eigenvalue weighted by atomic mass is 16.6. The van der Waals surface area contributed by atoms with Crippen LogP contribution in [0.25, 0.3) is 0 Å². The number of carbonyl (C=O) groups excluding carboxylic acids is 2. The Labute approximate surface area is 161 Å². The van der Waals surface area contributed by atoms with E-state index in [-0.39, 0.29) is 24.1 Å². The number of amides is 2. The van der Waals surface area contributed by atoms with Crippen molar-refractivity contribution in [2.75, 3.05) is 25.4 Å². The summed E-state index contributed by atoms with van der Waals surface area (Å²) in [5.41, 5.74) is 6.43. The number of piperazine rings is 1. The highest BCUT2D eigenvalue weighted by Crippen LogP contribution is 2.25. The predicted molar refractivity (Wildman–Crippen MR) is 105 cm³/mol. The summed E-state index contributed by atoms with van der Waals surface area (Å²) >= 11 is 0. The molecule has 2 rings (SSSR count). The molecule has 7 nitrogen and oxygen atoms in total. The van der Waals surface area contributed by atoms with Gasteiger partial charge in [0.25, 0.3) is 5.91 Å². The van der Waals surface area contributed by atoms with Crippen molar-refractivity contribution >= 4 is 17.7 Å². The van der Waals surface area contributed by atoms with Crippen LogP contribution in [0.3, 0.4) is 0 Å². The third-order valence-electron chi connectivity index (χ3n) is 4.16. The number of hydrogen-bond acceptors (Lipinski definition) is 5. The number of hydrogen-bond donors (Lipinski definition) is 1. The fraction of sp³-hybridized carbons (Fsp3) is 0.600. The second-order valence-electron chi connectivity index (χ2n) is 8.19. The summed E-state index contributed by atoms with van der Waals surface area (Å²) in [6.45, 7) is 12.6. The van der Waals surface area contributed by atoms with E-state index in [4.69, 9.17) is 15.2 Å². The van der Waals surface area contributed by atoms with Crippen LogP contribution >= 0.6 is 0 Å². The summed E-state index contributed by atoms with van der Waals surface area (Å²) in [6, 6.07) is 4.97. The number of nitrogens with two attached hydrogens (primary N) is 1. The molecule has 0 radical (unpaired) electrons. The van der Waals surface area contributed by atoms with Gasteiger partial charge in [0.2, 0.25) is 0 Å². The van der Waals surface area contributed by atoms with E-state index in [2.05, 4.69) is 0 Å². The zero-order valence-corrected chi connectivity index (χ0v) is 17.1. The maximum atomic E-state index is 12.8. The lowest BCUT2D eigenvalue weighted by molar-refractivity contribution is 0.00198. The lowest BCUT2D eigenvalue weighted by Gasteiger charge is -2.40. The van der Waals surface area contributed by atoms with Crippen molar-refractivity contribution in [3.8, 4) is 5.75 Å². The monoisotopic (exact) mass is 377 g/mol. The Morgan fingerprint density at radius 3 is 2.41 bits per heavy atom. The zero-order chi connectivity index (χ0) is 20.4. The third kappa shape index (κ3) is 5.52. The summed E-state index contributed by atoms with van der Waals surface area (Å²) in [7, 11) is 0. The van der Waals surface area contributed by atoms with Crippen molar-refractivity contribution in [3.63, 3.8) is 0 Å². The van der Waals surface area contributed by atoms with E-state index in [1.54, 1.807) is 28.0 Å². The van der Waals surface area contributed by atoms with Crippen molar-refractivity contribution in [1.82, 2.24) is 9.80 Å². The summed E-state index contributed by atoms with van der Waals surface area (Å²) in [5, 5.41) is 0. The van der Waals surface area contributed by atoms with E-state index < -0.39 is 5.60 Å². The molecular weight excluding hydrogens is 346 g/mol. The van der Waals surface area contributed by atoms with Gasteiger partial charge in [-0.1, -0.05) is 0 Å². The molecule has 1 aromatic carbocycles.